The van der Waals surface area contributed by atoms with Crippen LogP contribution in [0.15, 0.2) is 16.7 Å². The molecule has 0 aromatic carbocycles. The van der Waals surface area contributed by atoms with E-state index in [1.807, 2.05) is 11.8 Å². The normalized spacial score (nSPS) is 28.3. The zero-order chi connectivity index (χ0) is 15.0. The Balaban J connectivity index is 1.77. The molecule has 2 heterocycles. The highest BCUT2D eigenvalue weighted by molar-refractivity contribution is 5.95. The standard InChI is InChI=1S/C16H22N2O3/c1-11-12(5-9-21-11)15(20)18-8-7-16(10-18)6-3-4-13(16)14(19)17-2/h5,9,13H,3-4,6-8,10H2,1-2H3,(H,17,19)/t13-,16-/m1/s1. The van der Waals surface area contributed by atoms with Crippen molar-refractivity contribution < 1.29 is 14.0 Å². The molecule has 2 atom stereocenters. The zero-order valence-electron chi connectivity index (χ0n) is 12.6. The molecule has 5 nitrogen and oxygen atoms in total. The first-order chi connectivity index (χ1) is 10.1. The van der Waals surface area contributed by atoms with Gasteiger partial charge in [0.25, 0.3) is 5.91 Å². The fraction of sp³-hybridized carbons (Fsp3) is 0.625. The van der Waals surface area contributed by atoms with Gasteiger partial charge in [-0.2, -0.15) is 0 Å². The van der Waals surface area contributed by atoms with Gasteiger partial charge in [-0.1, -0.05) is 6.42 Å². The van der Waals surface area contributed by atoms with Gasteiger partial charge in [0.2, 0.25) is 5.91 Å². The Morgan fingerprint density at radius 2 is 2.24 bits per heavy atom. The van der Waals surface area contributed by atoms with Crippen molar-refractivity contribution in [3.63, 3.8) is 0 Å². The van der Waals surface area contributed by atoms with Crippen molar-refractivity contribution in [3.8, 4) is 0 Å². The van der Waals surface area contributed by atoms with E-state index in [2.05, 4.69) is 5.32 Å². The quantitative estimate of drug-likeness (QED) is 0.905. The summed E-state index contributed by atoms with van der Waals surface area (Å²) < 4.78 is 5.23. The molecule has 1 aliphatic heterocycles. The van der Waals surface area contributed by atoms with Crippen molar-refractivity contribution in [1.82, 2.24) is 10.2 Å². The Hall–Kier alpha value is -1.78. The smallest absolute Gasteiger partial charge is 0.257 e. The molecule has 1 aromatic rings. The Kier molecular flexibility index (Phi) is 3.51. The highest BCUT2D eigenvalue weighted by Crippen LogP contribution is 2.50. The Labute approximate surface area is 124 Å². The monoisotopic (exact) mass is 290 g/mol. The third-order valence-corrected chi connectivity index (χ3v) is 5.23. The molecule has 1 saturated heterocycles. The molecular formula is C16H22N2O3. The molecule has 5 heteroatoms. The van der Waals surface area contributed by atoms with Crippen molar-refractivity contribution in [2.75, 3.05) is 20.1 Å². The molecule has 1 aliphatic carbocycles. The summed E-state index contributed by atoms with van der Waals surface area (Å²) in [6, 6.07) is 1.73. The Bertz CT molecular complexity index is 566. The van der Waals surface area contributed by atoms with Gasteiger partial charge in [0.15, 0.2) is 0 Å². The Morgan fingerprint density at radius 1 is 1.43 bits per heavy atom. The van der Waals surface area contributed by atoms with Crippen LogP contribution in [-0.2, 0) is 4.79 Å². The maximum absolute atomic E-state index is 12.6. The maximum Gasteiger partial charge on any atom is 0.257 e. The van der Waals surface area contributed by atoms with Crippen LogP contribution in [0.25, 0.3) is 0 Å². The first kappa shape index (κ1) is 14.2. The predicted molar refractivity (Wildman–Crippen MR) is 77.8 cm³/mol. The van der Waals surface area contributed by atoms with Gasteiger partial charge in [-0.3, -0.25) is 9.59 Å². The summed E-state index contributed by atoms with van der Waals surface area (Å²) in [7, 11) is 1.70. The van der Waals surface area contributed by atoms with Gasteiger partial charge in [-0.05, 0) is 32.3 Å². The summed E-state index contributed by atoms with van der Waals surface area (Å²) in [5.41, 5.74) is 0.620. The third kappa shape index (κ3) is 2.24. The van der Waals surface area contributed by atoms with Gasteiger partial charge in [-0.15, -0.1) is 0 Å². The van der Waals surface area contributed by atoms with Crippen LogP contribution in [0.1, 0.15) is 41.8 Å². The second-order valence-corrected chi connectivity index (χ2v) is 6.29. The van der Waals surface area contributed by atoms with Crippen LogP contribution < -0.4 is 5.32 Å². The number of rotatable bonds is 2. The van der Waals surface area contributed by atoms with Crippen LogP contribution in [-0.4, -0.2) is 36.9 Å². The van der Waals surface area contributed by atoms with E-state index in [-0.39, 0.29) is 23.1 Å². The summed E-state index contributed by atoms with van der Waals surface area (Å²) in [4.78, 5) is 26.6. The van der Waals surface area contributed by atoms with Crippen molar-refractivity contribution in [3.05, 3.63) is 23.7 Å². The summed E-state index contributed by atoms with van der Waals surface area (Å²) in [5, 5.41) is 2.78. The van der Waals surface area contributed by atoms with Crippen LogP contribution in [0.4, 0.5) is 0 Å². The molecule has 2 fully saturated rings. The average molecular weight is 290 g/mol. The molecule has 0 radical (unpaired) electrons. The summed E-state index contributed by atoms with van der Waals surface area (Å²) in [6.45, 7) is 3.23. The van der Waals surface area contributed by atoms with Crippen molar-refractivity contribution >= 4 is 11.8 Å². The van der Waals surface area contributed by atoms with E-state index >= 15 is 0 Å². The predicted octanol–water partition coefficient (Wildman–Crippen LogP) is 1.97. The van der Waals surface area contributed by atoms with Gasteiger partial charge in [0.1, 0.15) is 5.76 Å². The molecule has 1 N–H and O–H groups in total. The van der Waals surface area contributed by atoms with E-state index in [9.17, 15) is 9.59 Å². The lowest BCUT2D eigenvalue weighted by atomic mass is 9.76. The average Bonchev–Trinajstić information content (AvgIpc) is 3.19. The molecule has 0 bridgehead atoms. The Morgan fingerprint density at radius 3 is 2.90 bits per heavy atom. The number of hydrogen-bond acceptors (Lipinski definition) is 3. The molecule has 2 amide bonds. The SMILES string of the molecule is CNC(=O)[C@H]1CCC[C@]12CCN(C(=O)c1ccoc1C)C2. The molecule has 21 heavy (non-hydrogen) atoms. The fourth-order valence-electron chi connectivity index (χ4n) is 4.06. The first-order valence-corrected chi connectivity index (χ1v) is 7.62. The van der Waals surface area contributed by atoms with Crippen LogP contribution in [0.5, 0.6) is 0 Å². The number of hydrogen-bond donors (Lipinski definition) is 1. The third-order valence-electron chi connectivity index (χ3n) is 5.23. The molecule has 1 saturated carbocycles. The van der Waals surface area contributed by atoms with E-state index < -0.39 is 0 Å². The first-order valence-electron chi connectivity index (χ1n) is 7.62. The van der Waals surface area contributed by atoms with E-state index in [4.69, 9.17) is 4.42 Å². The number of amides is 2. The molecular weight excluding hydrogens is 268 g/mol. The minimum absolute atomic E-state index is 0.0204. The fourth-order valence-corrected chi connectivity index (χ4v) is 4.06. The zero-order valence-corrected chi connectivity index (χ0v) is 12.6. The lowest BCUT2D eigenvalue weighted by molar-refractivity contribution is -0.127. The molecule has 3 rings (SSSR count). The van der Waals surface area contributed by atoms with Crippen LogP contribution in [0.2, 0.25) is 0 Å². The van der Waals surface area contributed by atoms with E-state index in [0.29, 0.717) is 17.9 Å². The van der Waals surface area contributed by atoms with Crippen LogP contribution in [0.3, 0.4) is 0 Å². The molecule has 1 aromatic heterocycles. The van der Waals surface area contributed by atoms with Crippen LogP contribution in [0, 0.1) is 18.3 Å². The number of aryl methyl sites for hydroxylation is 1. The minimum atomic E-state index is -0.0204. The second kappa shape index (κ2) is 5.20. The highest BCUT2D eigenvalue weighted by Gasteiger charge is 2.51. The number of nitrogens with one attached hydrogen (secondary N) is 1. The van der Waals surface area contributed by atoms with Crippen molar-refractivity contribution in [2.45, 2.75) is 32.6 Å². The molecule has 114 valence electrons. The van der Waals surface area contributed by atoms with E-state index in [0.717, 1.165) is 32.2 Å². The summed E-state index contributed by atoms with van der Waals surface area (Å²) >= 11 is 0. The number of furan rings is 1. The largest absolute Gasteiger partial charge is 0.469 e. The number of carbonyl (C=O) groups excluding carboxylic acids is 2. The van der Waals surface area contributed by atoms with Gasteiger partial charge in [0, 0.05) is 31.5 Å². The lowest BCUT2D eigenvalue weighted by Crippen LogP contribution is -2.40. The van der Waals surface area contributed by atoms with Gasteiger partial charge in [-0.25, -0.2) is 0 Å². The summed E-state index contributed by atoms with van der Waals surface area (Å²) in [6.07, 6.45) is 5.53. The molecule has 2 aliphatic rings. The summed E-state index contributed by atoms with van der Waals surface area (Å²) in [5.74, 6) is 0.864. The van der Waals surface area contributed by atoms with Gasteiger partial charge in [0.05, 0.1) is 11.8 Å². The van der Waals surface area contributed by atoms with Gasteiger partial charge < -0.3 is 14.6 Å². The highest BCUT2D eigenvalue weighted by atomic mass is 16.3. The minimum Gasteiger partial charge on any atom is -0.469 e. The van der Waals surface area contributed by atoms with E-state index in [1.54, 1.807) is 19.4 Å². The van der Waals surface area contributed by atoms with E-state index in [1.165, 1.54) is 0 Å². The molecule has 0 unspecified atom stereocenters. The van der Waals surface area contributed by atoms with Gasteiger partial charge >= 0.3 is 0 Å². The number of nitrogens with zero attached hydrogens (tertiary/aromatic N) is 1. The second-order valence-electron chi connectivity index (χ2n) is 6.29. The lowest BCUT2D eigenvalue weighted by Gasteiger charge is -2.30. The molecule has 1 spiro atoms. The van der Waals surface area contributed by atoms with Crippen molar-refractivity contribution in [1.29, 1.82) is 0 Å². The number of likely N-dealkylation sites (tertiary alicyclic amines) is 1. The maximum atomic E-state index is 12.6. The van der Waals surface area contributed by atoms with Crippen LogP contribution >= 0.6 is 0 Å². The number of carbonyl (C=O) groups is 2. The van der Waals surface area contributed by atoms with Crippen molar-refractivity contribution in [2.24, 2.45) is 11.3 Å². The topological polar surface area (TPSA) is 62.6 Å².